The number of benzene rings is 1. The maximum Gasteiger partial charge on any atom is 0.255 e. The molecule has 2 N–H and O–H groups in total. The van der Waals surface area contributed by atoms with E-state index in [1.807, 2.05) is 6.07 Å². The van der Waals surface area contributed by atoms with Crippen molar-refractivity contribution >= 4 is 23.4 Å². The summed E-state index contributed by atoms with van der Waals surface area (Å²) in [4.78, 5) is 43.3. The zero-order chi connectivity index (χ0) is 22.8. The van der Waals surface area contributed by atoms with Gasteiger partial charge in [-0.3, -0.25) is 19.7 Å². The average molecular weight is 454 g/mol. The number of rotatable bonds is 6. The lowest BCUT2D eigenvalue weighted by Crippen LogP contribution is -2.52. The summed E-state index contributed by atoms with van der Waals surface area (Å²) < 4.78 is 0. The van der Waals surface area contributed by atoms with Gasteiger partial charge < -0.3 is 20.0 Å². The van der Waals surface area contributed by atoms with Crippen molar-refractivity contribution in [2.75, 3.05) is 50.7 Å². The largest absolute Gasteiger partial charge is 0.372 e. The Morgan fingerprint density at radius 3 is 2.52 bits per heavy atom. The molecule has 3 amide bonds. The fourth-order valence-electron chi connectivity index (χ4n) is 5.78. The highest BCUT2D eigenvalue weighted by Crippen LogP contribution is 2.32. The number of carbonyl (C=O) groups excluding carboxylic acids is 3. The van der Waals surface area contributed by atoms with Gasteiger partial charge in [0.1, 0.15) is 6.04 Å². The molecule has 1 atom stereocenters. The van der Waals surface area contributed by atoms with Crippen LogP contribution in [0.2, 0.25) is 0 Å². The van der Waals surface area contributed by atoms with E-state index in [-0.39, 0.29) is 24.1 Å². The zero-order valence-electron chi connectivity index (χ0n) is 19.4. The second-order valence-electron chi connectivity index (χ2n) is 9.91. The van der Waals surface area contributed by atoms with Crippen LogP contribution in [0.3, 0.4) is 0 Å². The molecule has 0 aromatic heterocycles. The predicted octanol–water partition coefficient (Wildman–Crippen LogP) is 1.35. The van der Waals surface area contributed by atoms with Gasteiger partial charge in [0.2, 0.25) is 11.8 Å². The highest BCUT2D eigenvalue weighted by molar-refractivity contribution is 6.05. The molecular formula is C25H35N5O3. The fraction of sp³-hybridized carbons (Fsp3) is 0.640. The molecule has 4 aliphatic heterocycles. The molecular weight excluding hydrogens is 418 g/mol. The zero-order valence-corrected chi connectivity index (χ0v) is 19.4. The Kier molecular flexibility index (Phi) is 6.64. The number of anilines is 1. The summed E-state index contributed by atoms with van der Waals surface area (Å²) in [6, 6.07) is 5.54. The van der Waals surface area contributed by atoms with Crippen molar-refractivity contribution in [1.82, 2.24) is 20.4 Å². The minimum absolute atomic E-state index is 0.103. The van der Waals surface area contributed by atoms with Crippen molar-refractivity contribution in [3.05, 3.63) is 29.3 Å². The van der Waals surface area contributed by atoms with E-state index in [9.17, 15) is 14.4 Å². The molecule has 0 bridgehead atoms. The van der Waals surface area contributed by atoms with Crippen molar-refractivity contribution in [3.63, 3.8) is 0 Å². The highest BCUT2D eigenvalue weighted by atomic mass is 16.2. The molecule has 0 radical (unpaired) electrons. The first-order valence-corrected chi connectivity index (χ1v) is 12.5. The van der Waals surface area contributed by atoms with Crippen LogP contribution in [0.1, 0.15) is 54.4 Å². The van der Waals surface area contributed by atoms with E-state index in [0.717, 1.165) is 37.7 Å². The number of carbonyl (C=O) groups is 3. The Bertz CT molecular complexity index is 905. The molecule has 1 aromatic carbocycles. The normalized spacial score (nSPS) is 24.8. The molecule has 4 aliphatic rings. The quantitative estimate of drug-likeness (QED) is 0.633. The van der Waals surface area contributed by atoms with Crippen LogP contribution < -0.4 is 15.5 Å². The van der Waals surface area contributed by atoms with Gasteiger partial charge in [0.15, 0.2) is 0 Å². The van der Waals surface area contributed by atoms with Crippen molar-refractivity contribution in [2.45, 2.75) is 51.1 Å². The lowest BCUT2D eigenvalue weighted by atomic mass is 9.91. The van der Waals surface area contributed by atoms with E-state index in [1.54, 1.807) is 4.90 Å². The Balaban J connectivity index is 1.13. The van der Waals surface area contributed by atoms with Crippen LogP contribution in [0, 0.1) is 5.92 Å². The van der Waals surface area contributed by atoms with Crippen molar-refractivity contribution in [3.8, 4) is 0 Å². The number of nitrogens with zero attached hydrogens (tertiary/aromatic N) is 3. The number of hydrogen-bond donors (Lipinski definition) is 2. The molecule has 1 aromatic rings. The SMILES string of the molecule is O=C1CCC(N2Cc3cc(N4CCC(CCCN5CCNCC5)CC4)ccc3C2=O)C(=O)N1. The summed E-state index contributed by atoms with van der Waals surface area (Å²) in [5.41, 5.74) is 2.84. The van der Waals surface area contributed by atoms with Gasteiger partial charge in [-0.1, -0.05) is 0 Å². The van der Waals surface area contributed by atoms with Gasteiger partial charge in [0.05, 0.1) is 0 Å². The number of piperidine rings is 2. The van der Waals surface area contributed by atoms with Gasteiger partial charge in [-0.05, 0) is 68.3 Å². The topological polar surface area (TPSA) is 85.0 Å². The minimum atomic E-state index is -0.553. The van der Waals surface area contributed by atoms with E-state index in [4.69, 9.17) is 0 Å². The van der Waals surface area contributed by atoms with Crippen LogP contribution >= 0.6 is 0 Å². The monoisotopic (exact) mass is 453 g/mol. The smallest absolute Gasteiger partial charge is 0.255 e. The fourth-order valence-corrected chi connectivity index (χ4v) is 5.78. The highest BCUT2D eigenvalue weighted by Gasteiger charge is 2.39. The first-order chi connectivity index (χ1) is 16.1. The number of nitrogens with one attached hydrogen (secondary N) is 2. The lowest BCUT2D eigenvalue weighted by Gasteiger charge is -2.34. The number of amides is 3. The minimum Gasteiger partial charge on any atom is -0.372 e. The van der Waals surface area contributed by atoms with E-state index >= 15 is 0 Å². The molecule has 3 fully saturated rings. The third-order valence-corrected chi connectivity index (χ3v) is 7.78. The molecule has 0 spiro atoms. The van der Waals surface area contributed by atoms with Gasteiger partial charge in [0.25, 0.3) is 5.91 Å². The molecule has 33 heavy (non-hydrogen) atoms. The van der Waals surface area contributed by atoms with Gasteiger partial charge in [-0.25, -0.2) is 0 Å². The van der Waals surface area contributed by atoms with Crippen LogP contribution in [-0.2, 0) is 16.1 Å². The molecule has 0 saturated carbocycles. The van der Waals surface area contributed by atoms with E-state index in [2.05, 4.69) is 32.6 Å². The Morgan fingerprint density at radius 1 is 0.970 bits per heavy atom. The average Bonchev–Trinajstić information content (AvgIpc) is 3.16. The van der Waals surface area contributed by atoms with Crippen molar-refractivity contribution in [2.24, 2.45) is 5.92 Å². The second-order valence-corrected chi connectivity index (χ2v) is 9.91. The van der Waals surface area contributed by atoms with Gasteiger partial charge in [-0.2, -0.15) is 0 Å². The van der Waals surface area contributed by atoms with Crippen LogP contribution in [0.4, 0.5) is 5.69 Å². The first-order valence-electron chi connectivity index (χ1n) is 12.5. The summed E-state index contributed by atoms with van der Waals surface area (Å²) in [5, 5.41) is 5.79. The number of imide groups is 1. The molecule has 3 saturated heterocycles. The Hall–Kier alpha value is -2.45. The number of piperazine rings is 1. The molecule has 1 unspecified atom stereocenters. The molecule has 8 nitrogen and oxygen atoms in total. The second kappa shape index (κ2) is 9.81. The standard InChI is InChI=1S/C25H35N5O3/c31-23-6-5-22(24(32)27-23)30-17-19-16-20(3-4-21(19)25(30)33)29-12-7-18(8-13-29)2-1-11-28-14-9-26-10-15-28/h3-4,16,18,22,26H,1-2,5-15,17H2,(H,27,31,32). The summed E-state index contributed by atoms with van der Waals surface area (Å²) in [5.74, 6) is 0.0963. The van der Waals surface area contributed by atoms with Gasteiger partial charge in [0, 0.05) is 63.5 Å². The van der Waals surface area contributed by atoms with Crippen molar-refractivity contribution < 1.29 is 14.4 Å². The van der Waals surface area contributed by atoms with E-state index in [1.165, 1.54) is 51.0 Å². The summed E-state index contributed by atoms with van der Waals surface area (Å²) >= 11 is 0. The molecule has 5 rings (SSSR count). The summed E-state index contributed by atoms with van der Waals surface area (Å²) in [6.07, 6.45) is 5.74. The maximum absolute atomic E-state index is 12.9. The van der Waals surface area contributed by atoms with Crippen LogP contribution in [0.15, 0.2) is 18.2 Å². The molecule has 0 aliphatic carbocycles. The molecule has 4 heterocycles. The third kappa shape index (κ3) is 4.92. The van der Waals surface area contributed by atoms with Gasteiger partial charge >= 0.3 is 0 Å². The summed E-state index contributed by atoms with van der Waals surface area (Å²) in [7, 11) is 0. The summed E-state index contributed by atoms with van der Waals surface area (Å²) in [6.45, 7) is 8.39. The Labute approximate surface area is 195 Å². The lowest BCUT2D eigenvalue weighted by molar-refractivity contribution is -0.136. The third-order valence-electron chi connectivity index (χ3n) is 7.78. The van der Waals surface area contributed by atoms with E-state index < -0.39 is 6.04 Å². The van der Waals surface area contributed by atoms with Crippen LogP contribution in [0.5, 0.6) is 0 Å². The molecule has 178 valence electrons. The maximum atomic E-state index is 12.9. The number of hydrogen-bond acceptors (Lipinski definition) is 6. The first kappa shape index (κ1) is 22.3. The van der Waals surface area contributed by atoms with Crippen LogP contribution in [-0.4, -0.2) is 79.4 Å². The van der Waals surface area contributed by atoms with Crippen molar-refractivity contribution in [1.29, 1.82) is 0 Å². The van der Waals surface area contributed by atoms with Gasteiger partial charge in [-0.15, -0.1) is 0 Å². The number of fused-ring (bicyclic) bond motifs is 1. The predicted molar refractivity (Wildman–Crippen MR) is 126 cm³/mol. The van der Waals surface area contributed by atoms with Crippen LogP contribution in [0.25, 0.3) is 0 Å². The molecule has 8 heteroatoms. The Morgan fingerprint density at radius 2 is 1.76 bits per heavy atom. The van der Waals surface area contributed by atoms with E-state index in [0.29, 0.717) is 18.5 Å².